The molecule has 8 heteroatoms. The molecule has 2 N–H and O–H groups in total. The molecule has 0 bridgehead atoms. The summed E-state index contributed by atoms with van der Waals surface area (Å²) >= 11 is 1.68. The summed E-state index contributed by atoms with van der Waals surface area (Å²) < 4.78 is 6.31. The van der Waals surface area contributed by atoms with E-state index in [2.05, 4.69) is 21.8 Å². The Labute approximate surface area is 170 Å². The van der Waals surface area contributed by atoms with Crippen molar-refractivity contribution in [1.82, 2.24) is 19.9 Å². The third-order valence-corrected chi connectivity index (χ3v) is 6.44. The number of anilines is 2. The zero-order valence-electron chi connectivity index (χ0n) is 16.6. The molecule has 2 aliphatic heterocycles. The van der Waals surface area contributed by atoms with Crippen LogP contribution in [0.2, 0.25) is 0 Å². The maximum absolute atomic E-state index is 6.31. The smallest absolute Gasteiger partial charge is 0.191 e. The molecule has 0 unspecified atom stereocenters. The van der Waals surface area contributed by atoms with Gasteiger partial charge in [0.2, 0.25) is 0 Å². The SMILES string of the molecule is CCCCSc1nc(N)cc(N2CCC3(CC2)OCCc2cnc(C)nc23)n1. The lowest BCUT2D eigenvalue weighted by Crippen LogP contribution is -2.47. The molecule has 0 aliphatic carbocycles. The van der Waals surface area contributed by atoms with Crippen LogP contribution < -0.4 is 10.6 Å². The number of hydrogen-bond donors (Lipinski definition) is 1. The number of aryl methyl sites for hydroxylation is 1. The van der Waals surface area contributed by atoms with Crippen molar-refractivity contribution in [2.75, 3.05) is 36.1 Å². The Balaban J connectivity index is 1.50. The fourth-order valence-corrected chi connectivity index (χ4v) is 4.88. The van der Waals surface area contributed by atoms with Crippen molar-refractivity contribution >= 4 is 23.4 Å². The van der Waals surface area contributed by atoms with E-state index < -0.39 is 0 Å². The molecule has 28 heavy (non-hydrogen) atoms. The summed E-state index contributed by atoms with van der Waals surface area (Å²) in [4.78, 5) is 20.6. The first-order chi connectivity index (χ1) is 13.6. The number of thioether (sulfide) groups is 1. The van der Waals surface area contributed by atoms with E-state index in [1.165, 1.54) is 12.0 Å². The minimum atomic E-state index is -0.297. The van der Waals surface area contributed by atoms with Gasteiger partial charge in [-0.1, -0.05) is 25.1 Å². The van der Waals surface area contributed by atoms with Gasteiger partial charge in [0.15, 0.2) is 5.16 Å². The summed E-state index contributed by atoms with van der Waals surface area (Å²) in [5, 5.41) is 0.770. The molecule has 1 fully saturated rings. The maximum atomic E-state index is 6.31. The quantitative estimate of drug-likeness (QED) is 0.465. The molecular formula is C20H28N6OS. The minimum Gasteiger partial charge on any atom is -0.383 e. The number of nitrogen functional groups attached to an aromatic ring is 1. The van der Waals surface area contributed by atoms with Gasteiger partial charge in [0.05, 0.1) is 12.3 Å². The van der Waals surface area contributed by atoms with Crippen molar-refractivity contribution in [3.8, 4) is 0 Å². The average Bonchev–Trinajstić information content (AvgIpc) is 2.69. The van der Waals surface area contributed by atoms with E-state index >= 15 is 0 Å². The van der Waals surface area contributed by atoms with E-state index in [0.29, 0.717) is 5.82 Å². The molecule has 7 nitrogen and oxygen atoms in total. The lowest BCUT2D eigenvalue weighted by atomic mass is 9.83. The van der Waals surface area contributed by atoms with E-state index in [-0.39, 0.29) is 5.60 Å². The third-order valence-electron chi connectivity index (χ3n) is 5.50. The van der Waals surface area contributed by atoms with Crippen molar-refractivity contribution in [3.05, 3.63) is 29.3 Å². The zero-order chi connectivity index (χ0) is 19.6. The van der Waals surface area contributed by atoms with Gasteiger partial charge in [0.1, 0.15) is 23.1 Å². The minimum absolute atomic E-state index is 0.297. The number of piperidine rings is 1. The van der Waals surface area contributed by atoms with Crippen LogP contribution in [0.3, 0.4) is 0 Å². The number of ether oxygens (including phenoxy) is 1. The Morgan fingerprint density at radius 3 is 2.86 bits per heavy atom. The lowest BCUT2D eigenvalue weighted by molar-refractivity contribution is -0.0803. The first kappa shape index (κ1) is 19.4. The number of rotatable bonds is 5. The molecule has 2 aliphatic rings. The van der Waals surface area contributed by atoms with Crippen LogP contribution in [0, 0.1) is 6.92 Å². The van der Waals surface area contributed by atoms with Crippen molar-refractivity contribution in [2.24, 2.45) is 0 Å². The first-order valence-electron chi connectivity index (χ1n) is 10.1. The van der Waals surface area contributed by atoms with Crippen LogP contribution in [0.4, 0.5) is 11.6 Å². The summed E-state index contributed by atoms with van der Waals surface area (Å²) in [7, 11) is 0. The molecule has 0 radical (unpaired) electrons. The average molecular weight is 401 g/mol. The molecule has 4 heterocycles. The Morgan fingerprint density at radius 2 is 2.07 bits per heavy atom. The van der Waals surface area contributed by atoms with Gasteiger partial charge in [-0.25, -0.2) is 19.9 Å². The Bertz CT molecular complexity index is 837. The van der Waals surface area contributed by atoms with Gasteiger partial charge in [0, 0.05) is 31.1 Å². The molecule has 2 aromatic rings. The molecule has 150 valence electrons. The third kappa shape index (κ3) is 3.93. The monoisotopic (exact) mass is 400 g/mol. The van der Waals surface area contributed by atoms with Gasteiger partial charge < -0.3 is 15.4 Å². The second-order valence-corrected chi connectivity index (χ2v) is 8.57. The summed E-state index contributed by atoms with van der Waals surface area (Å²) in [5.74, 6) is 3.28. The fourth-order valence-electron chi connectivity index (χ4n) is 3.94. The predicted octanol–water partition coefficient (Wildman–Crippen LogP) is 3.12. The van der Waals surface area contributed by atoms with Crippen LogP contribution >= 0.6 is 11.8 Å². The molecular weight excluding hydrogens is 372 g/mol. The van der Waals surface area contributed by atoms with Gasteiger partial charge >= 0.3 is 0 Å². The van der Waals surface area contributed by atoms with Gasteiger partial charge in [-0.2, -0.15) is 0 Å². The molecule has 1 saturated heterocycles. The first-order valence-corrected chi connectivity index (χ1v) is 11.1. The van der Waals surface area contributed by atoms with E-state index in [4.69, 9.17) is 20.4 Å². The fraction of sp³-hybridized carbons (Fsp3) is 0.600. The Hall–Kier alpha value is -1.93. The van der Waals surface area contributed by atoms with Crippen LogP contribution in [0.15, 0.2) is 17.4 Å². The van der Waals surface area contributed by atoms with Crippen LogP contribution in [0.25, 0.3) is 0 Å². The number of nitrogens with two attached hydrogens (primary N) is 1. The normalized spacial score (nSPS) is 18.3. The molecule has 0 atom stereocenters. The molecule has 1 spiro atoms. The van der Waals surface area contributed by atoms with E-state index in [0.717, 1.165) is 73.6 Å². The predicted molar refractivity (Wildman–Crippen MR) is 112 cm³/mol. The maximum Gasteiger partial charge on any atom is 0.191 e. The van der Waals surface area contributed by atoms with Crippen molar-refractivity contribution < 1.29 is 4.74 Å². The van der Waals surface area contributed by atoms with Gasteiger partial charge in [-0.3, -0.25) is 0 Å². The Morgan fingerprint density at radius 1 is 1.25 bits per heavy atom. The molecule has 4 rings (SSSR count). The number of aromatic nitrogens is 4. The highest BCUT2D eigenvalue weighted by atomic mass is 32.2. The molecule has 0 aromatic carbocycles. The Kier molecular flexibility index (Phi) is 5.68. The molecule has 2 aromatic heterocycles. The van der Waals surface area contributed by atoms with Gasteiger partial charge in [-0.15, -0.1) is 0 Å². The highest BCUT2D eigenvalue weighted by Gasteiger charge is 2.42. The summed E-state index contributed by atoms with van der Waals surface area (Å²) in [6, 6.07) is 1.88. The number of unbranched alkanes of at least 4 members (excludes halogenated alkanes) is 1. The van der Waals surface area contributed by atoms with Crippen molar-refractivity contribution in [1.29, 1.82) is 0 Å². The lowest BCUT2D eigenvalue weighted by Gasteiger charge is -2.44. The largest absolute Gasteiger partial charge is 0.383 e. The topological polar surface area (TPSA) is 90.0 Å². The summed E-state index contributed by atoms with van der Waals surface area (Å²) in [5.41, 5.74) is 8.07. The highest BCUT2D eigenvalue weighted by Crippen LogP contribution is 2.41. The van der Waals surface area contributed by atoms with E-state index in [9.17, 15) is 0 Å². The van der Waals surface area contributed by atoms with Crippen molar-refractivity contribution in [3.63, 3.8) is 0 Å². The molecule has 0 amide bonds. The van der Waals surface area contributed by atoms with E-state index in [1.54, 1.807) is 11.8 Å². The van der Waals surface area contributed by atoms with Crippen molar-refractivity contribution in [2.45, 2.75) is 56.7 Å². The standard InChI is InChI=1S/C20H28N6OS/c1-3-4-11-28-19-24-16(21)12-17(25-19)26-8-6-20(7-9-26)18-15(5-10-27-20)13-22-14(2)23-18/h12-13H,3-11H2,1-2H3,(H2,21,24,25). The second-order valence-electron chi connectivity index (χ2n) is 7.51. The summed E-state index contributed by atoms with van der Waals surface area (Å²) in [6.07, 6.45) is 6.96. The van der Waals surface area contributed by atoms with E-state index in [1.807, 2.05) is 19.2 Å². The molecule has 0 saturated carbocycles. The number of fused-ring (bicyclic) bond motifs is 2. The van der Waals surface area contributed by atoms with Crippen LogP contribution in [-0.2, 0) is 16.8 Å². The van der Waals surface area contributed by atoms with Gasteiger partial charge in [0.25, 0.3) is 0 Å². The van der Waals surface area contributed by atoms with Gasteiger partial charge in [-0.05, 0) is 38.2 Å². The summed E-state index contributed by atoms with van der Waals surface area (Å²) in [6.45, 7) is 6.58. The second kappa shape index (κ2) is 8.21. The number of hydrogen-bond acceptors (Lipinski definition) is 8. The van der Waals surface area contributed by atoms with Crippen LogP contribution in [0.1, 0.15) is 49.7 Å². The highest BCUT2D eigenvalue weighted by molar-refractivity contribution is 7.99. The van der Waals surface area contributed by atoms with Crippen LogP contribution in [0.5, 0.6) is 0 Å². The van der Waals surface area contributed by atoms with Crippen LogP contribution in [-0.4, -0.2) is 45.4 Å². The zero-order valence-corrected chi connectivity index (χ0v) is 17.5. The number of nitrogens with zero attached hydrogens (tertiary/aromatic N) is 5.